The number of hydrogen-bond donors (Lipinski definition) is 1. The number of carbonyl (C=O) groups is 1. The van der Waals surface area contributed by atoms with E-state index in [0.717, 1.165) is 4.47 Å². The molecular weight excluding hydrogens is 719 g/mol. The van der Waals surface area contributed by atoms with Crippen LogP contribution in [-0.2, 0) is 11.2 Å². The maximum Gasteiger partial charge on any atom is 0.282 e. The van der Waals surface area contributed by atoms with Crippen LogP contribution in [0.2, 0.25) is 5.02 Å². The number of aryl methyl sites for hydroxylation is 1. The van der Waals surface area contributed by atoms with Crippen molar-refractivity contribution in [3.05, 3.63) is 88.7 Å². The highest BCUT2D eigenvalue weighted by Gasteiger charge is 2.19. The number of ether oxygens (including phenoxy) is 2. The zero-order chi connectivity index (χ0) is 28.1. The highest BCUT2D eigenvalue weighted by atomic mass is 79.9. The highest BCUT2D eigenvalue weighted by Crippen LogP contribution is 2.42. The molecule has 0 spiro atoms. The maximum atomic E-state index is 13.2. The third kappa shape index (κ3) is 6.89. The lowest BCUT2D eigenvalue weighted by atomic mass is 10.2. The van der Waals surface area contributed by atoms with Gasteiger partial charge in [-0.05, 0) is 87.3 Å². The molecule has 12 heteroatoms. The van der Waals surface area contributed by atoms with Crippen LogP contribution in [0.25, 0.3) is 10.9 Å². The fourth-order valence-electron chi connectivity index (χ4n) is 3.63. The van der Waals surface area contributed by atoms with Crippen molar-refractivity contribution in [1.82, 2.24) is 9.66 Å². The van der Waals surface area contributed by atoms with Crippen LogP contribution in [0.5, 0.6) is 11.5 Å². The summed E-state index contributed by atoms with van der Waals surface area (Å²) in [4.78, 5) is 30.3. The molecule has 8 nitrogen and oxygen atoms in total. The zero-order valence-corrected chi connectivity index (χ0v) is 26.3. The molecule has 1 amide bonds. The molecule has 1 heterocycles. The molecule has 0 bridgehead atoms. The first kappa shape index (κ1) is 29.3. The fraction of sp³-hybridized carbons (Fsp3) is 0.185. The van der Waals surface area contributed by atoms with Crippen LogP contribution in [0.1, 0.15) is 25.2 Å². The Morgan fingerprint density at radius 1 is 1.08 bits per heavy atom. The molecule has 1 N–H and O–H groups in total. The van der Waals surface area contributed by atoms with Gasteiger partial charge >= 0.3 is 0 Å². The van der Waals surface area contributed by atoms with E-state index >= 15 is 0 Å². The number of hydrogen-bond acceptors (Lipinski definition) is 6. The number of nitrogens with one attached hydrogen (secondary N) is 1. The van der Waals surface area contributed by atoms with Gasteiger partial charge in [-0.15, -0.1) is 0 Å². The average molecular weight is 742 g/mol. The van der Waals surface area contributed by atoms with E-state index in [0.29, 0.717) is 66.5 Å². The minimum absolute atomic E-state index is 0.255. The molecule has 0 aliphatic rings. The SMILES string of the molecule is CCOc1cc(C=Nn2c(CC)nc3ccc(Br)cc3c2=O)c(Br)c(Br)c1OCC(=O)Nc1ccc(Cl)cc1. The Kier molecular flexibility index (Phi) is 9.81. The summed E-state index contributed by atoms with van der Waals surface area (Å²) in [6, 6.07) is 13.9. The Morgan fingerprint density at radius 2 is 1.82 bits per heavy atom. The van der Waals surface area contributed by atoms with E-state index in [4.69, 9.17) is 21.1 Å². The quantitative estimate of drug-likeness (QED) is 0.183. The van der Waals surface area contributed by atoms with Crippen molar-refractivity contribution in [3.8, 4) is 11.5 Å². The molecule has 1 aromatic heterocycles. The first-order valence-corrected chi connectivity index (χ1v) is 14.6. The monoisotopic (exact) mass is 738 g/mol. The van der Waals surface area contributed by atoms with Crippen molar-refractivity contribution >= 4 is 88.1 Å². The van der Waals surface area contributed by atoms with Crippen molar-refractivity contribution < 1.29 is 14.3 Å². The lowest BCUT2D eigenvalue weighted by molar-refractivity contribution is -0.118. The number of fused-ring (bicyclic) bond motifs is 1. The Balaban J connectivity index is 1.63. The van der Waals surface area contributed by atoms with E-state index in [1.165, 1.54) is 4.68 Å². The Morgan fingerprint density at radius 3 is 2.51 bits per heavy atom. The predicted molar refractivity (Wildman–Crippen MR) is 165 cm³/mol. The fourth-order valence-corrected chi connectivity index (χ4v) is 5.05. The van der Waals surface area contributed by atoms with Gasteiger partial charge in [0.2, 0.25) is 0 Å². The molecule has 0 radical (unpaired) electrons. The molecule has 4 aromatic rings. The van der Waals surface area contributed by atoms with Gasteiger partial charge in [0, 0.05) is 31.6 Å². The molecule has 39 heavy (non-hydrogen) atoms. The summed E-state index contributed by atoms with van der Waals surface area (Å²) in [5, 5.41) is 8.25. The lowest BCUT2D eigenvalue weighted by Crippen LogP contribution is -2.22. The minimum atomic E-state index is -0.352. The summed E-state index contributed by atoms with van der Waals surface area (Å²) in [5.74, 6) is 0.918. The van der Waals surface area contributed by atoms with Gasteiger partial charge in [-0.2, -0.15) is 9.78 Å². The Bertz CT molecular complexity index is 1620. The molecule has 0 saturated heterocycles. The van der Waals surface area contributed by atoms with Gasteiger partial charge in [-0.25, -0.2) is 4.98 Å². The molecule has 0 aliphatic heterocycles. The van der Waals surface area contributed by atoms with Crippen molar-refractivity contribution in [2.45, 2.75) is 20.3 Å². The smallest absolute Gasteiger partial charge is 0.282 e. The summed E-state index contributed by atoms with van der Waals surface area (Å²) >= 11 is 16.4. The van der Waals surface area contributed by atoms with E-state index in [1.807, 2.05) is 19.9 Å². The van der Waals surface area contributed by atoms with Gasteiger partial charge in [0.05, 0.1) is 28.2 Å². The third-order valence-electron chi connectivity index (χ3n) is 5.44. The molecular formula is C27H22Br3ClN4O4. The van der Waals surface area contributed by atoms with Gasteiger partial charge in [-0.3, -0.25) is 9.59 Å². The molecule has 0 saturated carbocycles. The van der Waals surface area contributed by atoms with Crippen LogP contribution in [0, 0.1) is 0 Å². The van der Waals surface area contributed by atoms with Crippen molar-refractivity contribution in [1.29, 1.82) is 0 Å². The number of aromatic nitrogens is 2. The second-order valence-corrected chi connectivity index (χ2v) is 11.0. The largest absolute Gasteiger partial charge is 0.490 e. The Hall–Kier alpha value is -2.73. The number of carbonyl (C=O) groups excluding carboxylic acids is 1. The average Bonchev–Trinajstić information content (AvgIpc) is 2.92. The molecule has 0 unspecified atom stereocenters. The summed E-state index contributed by atoms with van der Waals surface area (Å²) in [5.41, 5.74) is 1.55. The van der Waals surface area contributed by atoms with Gasteiger partial charge in [0.25, 0.3) is 11.5 Å². The molecule has 4 rings (SSSR count). The molecule has 0 atom stereocenters. The van der Waals surface area contributed by atoms with E-state index < -0.39 is 0 Å². The van der Waals surface area contributed by atoms with Crippen molar-refractivity contribution in [2.24, 2.45) is 5.10 Å². The second kappa shape index (κ2) is 13.1. The highest BCUT2D eigenvalue weighted by molar-refractivity contribution is 9.13. The minimum Gasteiger partial charge on any atom is -0.490 e. The molecule has 0 fully saturated rings. The number of halogens is 4. The molecule has 202 valence electrons. The van der Waals surface area contributed by atoms with Crippen molar-refractivity contribution in [3.63, 3.8) is 0 Å². The zero-order valence-electron chi connectivity index (χ0n) is 20.8. The summed E-state index contributed by atoms with van der Waals surface area (Å²) < 4.78 is 14.8. The van der Waals surface area contributed by atoms with E-state index in [-0.39, 0.29) is 18.1 Å². The summed E-state index contributed by atoms with van der Waals surface area (Å²) in [7, 11) is 0. The number of nitrogens with zero attached hydrogens (tertiary/aromatic N) is 3. The van der Waals surface area contributed by atoms with Crippen LogP contribution in [0.3, 0.4) is 0 Å². The van der Waals surface area contributed by atoms with Crippen LogP contribution in [0.15, 0.2) is 71.8 Å². The van der Waals surface area contributed by atoms with Crippen LogP contribution in [-0.4, -0.2) is 35.0 Å². The number of benzene rings is 3. The van der Waals surface area contributed by atoms with Gasteiger partial charge < -0.3 is 14.8 Å². The number of rotatable bonds is 9. The Labute approximate surface area is 254 Å². The normalized spacial score (nSPS) is 11.2. The molecule has 3 aromatic carbocycles. The van der Waals surface area contributed by atoms with Crippen molar-refractivity contribution in [2.75, 3.05) is 18.5 Å². The van der Waals surface area contributed by atoms with Crippen LogP contribution >= 0.6 is 59.4 Å². The summed E-state index contributed by atoms with van der Waals surface area (Å²) in [6.45, 7) is 3.86. The standard InChI is InChI=1S/C27H22Br3ClN4O4/c1-3-22-34-20-10-5-16(28)12-19(20)27(37)35(22)32-13-15-11-21(38-4-2)26(25(30)24(15)29)39-14-23(36)33-18-8-6-17(31)7-9-18/h5-13H,3-4,14H2,1-2H3,(H,33,36). The van der Waals surface area contributed by atoms with Gasteiger partial charge in [0.15, 0.2) is 18.1 Å². The topological polar surface area (TPSA) is 94.8 Å². The van der Waals surface area contributed by atoms with E-state index in [9.17, 15) is 9.59 Å². The molecule has 0 aliphatic carbocycles. The lowest BCUT2D eigenvalue weighted by Gasteiger charge is -2.16. The predicted octanol–water partition coefficient (Wildman–Crippen LogP) is 7.20. The van der Waals surface area contributed by atoms with E-state index in [2.05, 4.69) is 63.2 Å². The number of anilines is 1. The second-order valence-electron chi connectivity index (χ2n) is 8.10. The van der Waals surface area contributed by atoms with Gasteiger partial charge in [-0.1, -0.05) is 34.5 Å². The third-order valence-corrected chi connectivity index (χ3v) is 8.32. The van der Waals surface area contributed by atoms with Crippen LogP contribution in [0.4, 0.5) is 5.69 Å². The first-order chi connectivity index (χ1) is 18.7. The number of amides is 1. The van der Waals surface area contributed by atoms with Crippen LogP contribution < -0.4 is 20.3 Å². The van der Waals surface area contributed by atoms with Gasteiger partial charge in [0.1, 0.15) is 5.82 Å². The first-order valence-electron chi connectivity index (χ1n) is 11.8. The van der Waals surface area contributed by atoms with E-state index in [1.54, 1.807) is 48.7 Å². The summed E-state index contributed by atoms with van der Waals surface area (Å²) in [6.07, 6.45) is 2.05. The maximum absolute atomic E-state index is 13.2.